The third kappa shape index (κ3) is 5.93. The van der Waals surface area contributed by atoms with Crippen molar-refractivity contribution in [3.8, 4) is 11.5 Å². The number of hydrazone groups is 1. The highest BCUT2D eigenvalue weighted by Crippen LogP contribution is 2.39. The summed E-state index contributed by atoms with van der Waals surface area (Å²) >= 11 is 3.54. The second-order valence-corrected chi connectivity index (χ2v) is 11.0. The highest BCUT2D eigenvalue weighted by Gasteiger charge is 2.26. The van der Waals surface area contributed by atoms with Gasteiger partial charge in [0.05, 0.1) is 6.21 Å². The zero-order valence-corrected chi connectivity index (χ0v) is 21.6. The van der Waals surface area contributed by atoms with Gasteiger partial charge < -0.3 is 9.84 Å². The van der Waals surface area contributed by atoms with Gasteiger partial charge in [-0.2, -0.15) is 5.10 Å². The Bertz CT molecular complexity index is 1170. The average molecular weight is 511 g/mol. The van der Waals surface area contributed by atoms with Crippen LogP contribution in [0.3, 0.4) is 0 Å². The minimum atomic E-state index is -0.357. The molecule has 0 saturated heterocycles. The molecule has 0 spiro atoms. The molecule has 2 N–H and O–H groups in total. The Morgan fingerprint density at radius 2 is 1.58 bits per heavy atom. The summed E-state index contributed by atoms with van der Waals surface area (Å²) in [6.45, 7) is 12.2. The van der Waals surface area contributed by atoms with Crippen LogP contribution in [0.15, 0.2) is 58.1 Å². The van der Waals surface area contributed by atoms with E-state index in [1.54, 1.807) is 6.21 Å². The van der Waals surface area contributed by atoms with Crippen molar-refractivity contribution in [2.75, 3.05) is 6.61 Å². The topological polar surface area (TPSA) is 70.9 Å². The van der Waals surface area contributed by atoms with Gasteiger partial charge in [-0.1, -0.05) is 81.7 Å². The molecule has 0 heterocycles. The molecule has 0 unspecified atom stereocenters. The van der Waals surface area contributed by atoms with Crippen LogP contribution in [-0.2, 0) is 15.6 Å². The summed E-state index contributed by atoms with van der Waals surface area (Å²) in [6, 6.07) is 15.4. The smallest absolute Gasteiger partial charge is 0.277 e. The largest absolute Gasteiger partial charge is 0.507 e. The van der Waals surface area contributed by atoms with Crippen LogP contribution in [0.2, 0.25) is 0 Å². The van der Waals surface area contributed by atoms with Gasteiger partial charge in [-0.3, -0.25) is 4.79 Å². The zero-order valence-electron chi connectivity index (χ0n) is 20.0. The van der Waals surface area contributed by atoms with E-state index < -0.39 is 0 Å². The monoisotopic (exact) mass is 510 g/mol. The second-order valence-electron chi connectivity index (χ2n) is 10.1. The van der Waals surface area contributed by atoms with E-state index in [0.717, 1.165) is 31.9 Å². The van der Waals surface area contributed by atoms with Crippen molar-refractivity contribution in [3.05, 3.63) is 69.7 Å². The highest BCUT2D eigenvalue weighted by molar-refractivity contribution is 9.10. The van der Waals surface area contributed by atoms with Crippen molar-refractivity contribution >= 4 is 38.8 Å². The first-order valence-electron chi connectivity index (χ1n) is 10.9. The van der Waals surface area contributed by atoms with Gasteiger partial charge in [0, 0.05) is 21.0 Å². The summed E-state index contributed by atoms with van der Waals surface area (Å²) in [7, 11) is 0. The first kappa shape index (κ1) is 24.8. The molecule has 33 heavy (non-hydrogen) atoms. The number of hydrogen-bond acceptors (Lipinski definition) is 4. The molecule has 174 valence electrons. The number of fused-ring (bicyclic) bond motifs is 1. The molecular formula is C27H31BrN2O3. The van der Waals surface area contributed by atoms with Gasteiger partial charge >= 0.3 is 0 Å². The summed E-state index contributed by atoms with van der Waals surface area (Å²) < 4.78 is 6.71. The number of carbonyl (C=O) groups excluding carboxylic acids is 1. The number of nitrogens with zero attached hydrogens (tertiary/aromatic N) is 1. The molecular weight excluding hydrogens is 480 g/mol. The third-order valence-corrected chi connectivity index (χ3v) is 6.03. The van der Waals surface area contributed by atoms with Crippen molar-refractivity contribution in [3.63, 3.8) is 0 Å². The van der Waals surface area contributed by atoms with Crippen LogP contribution in [-0.4, -0.2) is 23.8 Å². The van der Waals surface area contributed by atoms with Crippen molar-refractivity contribution in [1.29, 1.82) is 0 Å². The van der Waals surface area contributed by atoms with Gasteiger partial charge in [-0.25, -0.2) is 5.43 Å². The van der Waals surface area contributed by atoms with Crippen LogP contribution < -0.4 is 10.2 Å². The highest BCUT2D eigenvalue weighted by atomic mass is 79.9. The van der Waals surface area contributed by atoms with E-state index in [4.69, 9.17) is 4.74 Å². The van der Waals surface area contributed by atoms with E-state index in [1.165, 1.54) is 0 Å². The molecule has 0 atom stereocenters. The first-order valence-corrected chi connectivity index (χ1v) is 11.7. The number of ether oxygens (including phenoxy) is 1. The molecule has 0 aromatic heterocycles. The van der Waals surface area contributed by atoms with Gasteiger partial charge in [0.2, 0.25) is 0 Å². The molecule has 3 aromatic carbocycles. The summed E-state index contributed by atoms with van der Waals surface area (Å²) in [4.78, 5) is 12.3. The van der Waals surface area contributed by atoms with Crippen molar-refractivity contribution in [2.45, 2.75) is 52.4 Å². The number of amides is 1. The predicted octanol–water partition coefficient (Wildman–Crippen LogP) is 6.43. The van der Waals surface area contributed by atoms with Crippen LogP contribution in [0.4, 0.5) is 0 Å². The lowest BCUT2D eigenvalue weighted by molar-refractivity contribution is -0.123. The minimum absolute atomic E-state index is 0.154. The van der Waals surface area contributed by atoms with Crippen LogP contribution in [0.5, 0.6) is 11.5 Å². The molecule has 0 aliphatic rings. The minimum Gasteiger partial charge on any atom is -0.507 e. The predicted molar refractivity (Wildman–Crippen MR) is 138 cm³/mol. The van der Waals surface area contributed by atoms with E-state index >= 15 is 0 Å². The zero-order chi connectivity index (χ0) is 24.4. The maximum atomic E-state index is 12.3. The maximum Gasteiger partial charge on any atom is 0.277 e. The second kappa shape index (κ2) is 9.56. The maximum absolute atomic E-state index is 12.3. The number of halogens is 1. The Hall–Kier alpha value is -2.86. The Morgan fingerprint density at radius 1 is 1.00 bits per heavy atom. The number of benzene rings is 3. The molecule has 3 aromatic rings. The van der Waals surface area contributed by atoms with Crippen LogP contribution >= 0.6 is 15.9 Å². The number of hydrogen-bond donors (Lipinski definition) is 2. The fraction of sp³-hybridized carbons (Fsp3) is 0.333. The molecule has 0 aliphatic heterocycles. The molecule has 0 radical (unpaired) electrons. The summed E-state index contributed by atoms with van der Waals surface area (Å²) in [5.74, 6) is 0.589. The van der Waals surface area contributed by atoms with Gasteiger partial charge in [-0.05, 0) is 46.0 Å². The van der Waals surface area contributed by atoms with Gasteiger partial charge in [-0.15, -0.1) is 0 Å². The molecule has 5 nitrogen and oxygen atoms in total. The molecule has 1 amide bonds. The molecule has 0 bridgehead atoms. The van der Waals surface area contributed by atoms with Gasteiger partial charge in [0.25, 0.3) is 5.91 Å². The van der Waals surface area contributed by atoms with Crippen molar-refractivity contribution < 1.29 is 14.6 Å². The van der Waals surface area contributed by atoms with Crippen molar-refractivity contribution in [1.82, 2.24) is 5.43 Å². The normalized spacial score (nSPS) is 12.3. The van der Waals surface area contributed by atoms with Gasteiger partial charge in [0.1, 0.15) is 11.5 Å². The SMILES string of the molecule is CC(C)(C)c1cc(C=NNC(=O)COc2ccc(Br)c3ccccc23)cc(C(C)(C)C)c1O. The van der Waals surface area contributed by atoms with Crippen LogP contribution in [0, 0.1) is 0 Å². The van der Waals surface area contributed by atoms with E-state index in [1.807, 2.05) is 48.5 Å². The lowest BCUT2D eigenvalue weighted by Crippen LogP contribution is -2.24. The summed E-state index contributed by atoms with van der Waals surface area (Å²) in [5.41, 5.74) is 4.54. The van der Waals surface area contributed by atoms with E-state index in [9.17, 15) is 9.90 Å². The van der Waals surface area contributed by atoms with Crippen molar-refractivity contribution in [2.24, 2.45) is 5.10 Å². The number of aromatic hydroxyl groups is 1. The molecule has 0 saturated carbocycles. The fourth-order valence-electron chi connectivity index (χ4n) is 3.59. The molecule has 3 rings (SSSR count). The third-order valence-electron chi connectivity index (χ3n) is 5.34. The number of phenolic OH excluding ortho intramolecular Hbond substituents is 1. The number of carbonyl (C=O) groups is 1. The number of rotatable bonds is 5. The van der Waals surface area contributed by atoms with Crippen LogP contribution in [0.25, 0.3) is 10.8 Å². The quantitative estimate of drug-likeness (QED) is 0.306. The van der Waals surface area contributed by atoms with Gasteiger partial charge in [0.15, 0.2) is 6.61 Å². The average Bonchev–Trinajstić information content (AvgIpc) is 2.73. The Kier molecular flexibility index (Phi) is 7.17. The number of nitrogens with one attached hydrogen (secondary N) is 1. The molecule has 6 heteroatoms. The van der Waals surface area contributed by atoms with E-state index in [-0.39, 0.29) is 23.3 Å². The lowest BCUT2D eigenvalue weighted by atomic mass is 9.78. The summed E-state index contributed by atoms with van der Waals surface area (Å²) in [5, 5.41) is 16.9. The van der Waals surface area contributed by atoms with E-state index in [2.05, 4.69) is 68.0 Å². The lowest BCUT2D eigenvalue weighted by Gasteiger charge is -2.27. The standard InChI is InChI=1S/C27H31BrN2O3/c1-26(2,3)20-13-17(14-21(25(20)32)27(4,5)6)15-29-30-24(31)16-33-23-12-11-22(28)18-9-7-8-10-19(18)23/h7-15,32H,16H2,1-6H3,(H,30,31). The molecule has 0 fully saturated rings. The van der Waals surface area contributed by atoms with E-state index in [0.29, 0.717) is 11.5 Å². The number of phenols is 1. The van der Waals surface area contributed by atoms with Crippen LogP contribution in [0.1, 0.15) is 58.2 Å². The molecule has 0 aliphatic carbocycles. The summed E-state index contributed by atoms with van der Waals surface area (Å²) in [6.07, 6.45) is 1.59. The Morgan fingerprint density at radius 3 is 2.15 bits per heavy atom. The Labute approximate surface area is 204 Å². The fourth-order valence-corrected chi connectivity index (χ4v) is 4.07. The first-order chi connectivity index (χ1) is 15.4. The Balaban J connectivity index is 1.73.